The summed E-state index contributed by atoms with van der Waals surface area (Å²) in [6.45, 7) is 0.203. The van der Waals surface area contributed by atoms with Gasteiger partial charge < -0.3 is 4.74 Å². The molecule has 1 aliphatic heterocycles. The fourth-order valence-electron chi connectivity index (χ4n) is 8.79. The molecule has 0 spiro atoms. The highest BCUT2D eigenvalue weighted by atomic mass is 35.5. The van der Waals surface area contributed by atoms with E-state index in [4.69, 9.17) is 16.3 Å². The highest BCUT2D eigenvalue weighted by Gasteiger charge is 2.51. The van der Waals surface area contributed by atoms with Gasteiger partial charge in [0.1, 0.15) is 17.9 Å². The number of rotatable bonds is 6. The minimum absolute atomic E-state index is 0.140. The molecule has 4 aromatic carbocycles. The third-order valence-corrected chi connectivity index (χ3v) is 10.8. The number of fused-ring (bicyclic) bond motifs is 1. The van der Waals surface area contributed by atoms with Crippen LogP contribution in [-0.4, -0.2) is 17.8 Å². The van der Waals surface area contributed by atoms with Crippen molar-refractivity contribution in [2.75, 3.05) is 4.90 Å². The Kier molecular flexibility index (Phi) is 6.79. The van der Waals surface area contributed by atoms with E-state index in [1.807, 2.05) is 66.7 Å². The zero-order chi connectivity index (χ0) is 30.7. The number of nitrogens with zero attached hydrogens (tertiary/aromatic N) is 1. The van der Waals surface area contributed by atoms with Gasteiger partial charge in [-0.3, -0.25) is 14.9 Å². The molecule has 4 amide bonds. The Labute approximate surface area is 267 Å². The molecule has 4 saturated carbocycles. The highest BCUT2D eigenvalue weighted by Crippen LogP contribution is 2.60. The summed E-state index contributed by atoms with van der Waals surface area (Å²) in [5, 5.41) is 4.71. The molecule has 5 fully saturated rings. The summed E-state index contributed by atoms with van der Waals surface area (Å²) >= 11 is 6.37. The van der Waals surface area contributed by atoms with Gasteiger partial charge in [0.05, 0.1) is 5.69 Å². The smallest absolute Gasteiger partial charge is 0.335 e. The van der Waals surface area contributed by atoms with E-state index in [1.165, 1.54) is 50.2 Å². The molecule has 1 heterocycles. The Morgan fingerprint density at radius 3 is 2.20 bits per heavy atom. The van der Waals surface area contributed by atoms with Crippen LogP contribution in [0.2, 0.25) is 5.02 Å². The third kappa shape index (κ3) is 4.92. The number of hydrogen-bond donors (Lipinski definition) is 1. The molecule has 7 heteroatoms. The quantitative estimate of drug-likeness (QED) is 0.175. The molecule has 5 aliphatic rings. The van der Waals surface area contributed by atoms with Crippen LogP contribution in [0.5, 0.6) is 5.75 Å². The van der Waals surface area contributed by atoms with Gasteiger partial charge in [-0.05, 0) is 108 Å². The Hall–Kier alpha value is -4.42. The maximum atomic E-state index is 13.9. The van der Waals surface area contributed by atoms with Gasteiger partial charge in [0, 0.05) is 16.1 Å². The van der Waals surface area contributed by atoms with Crippen LogP contribution in [0.3, 0.4) is 0 Å². The second kappa shape index (κ2) is 10.9. The van der Waals surface area contributed by atoms with Gasteiger partial charge in [-0.1, -0.05) is 72.3 Å². The number of imide groups is 2. The van der Waals surface area contributed by atoms with Gasteiger partial charge in [0.25, 0.3) is 11.8 Å². The Balaban J connectivity index is 1.13. The number of amides is 4. The lowest BCUT2D eigenvalue weighted by Crippen LogP contribution is -2.54. The maximum absolute atomic E-state index is 13.9. The van der Waals surface area contributed by atoms with Crippen LogP contribution in [0, 0.1) is 17.8 Å². The molecule has 0 unspecified atom stereocenters. The van der Waals surface area contributed by atoms with Gasteiger partial charge in [-0.2, -0.15) is 0 Å². The molecule has 4 bridgehead atoms. The maximum Gasteiger partial charge on any atom is 0.335 e. The number of ether oxygens (including phenoxy) is 1. The van der Waals surface area contributed by atoms with Crippen molar-refractivity contribution in [1.29, 1.82) is 0 Å². The topological polar surface area (TPSA) is 75.7 Å². The van der Waals surface area contributed by atoms with Crippen molar-refractivity contribution in [3.63, 3.8) is 0 Å². The molecule has 6 nitrogen and oxygen atoms in total. The van der Waals surface area contributed by atoms with Crippen molar-refractivity contribution in [3.05, 3.63) is 112 Å². The Morgan fingerprint density at radius 2 is 1.49 bits per heavy atom. The van der Waals surface area contributed by atoms with Crippen molar-refractivity contribution in [3.8, 4) is 5.75 Å². The van der Waals surface area contributed by atoms with Crippen molar-refractivity contribution >= 4 is 52.0 Å². The van der Waals surface area contributed by atoms with Gasteiger partial charge in [0.15, 0.2) is 0 Å². The molecule has 1 N–H and O–H groups in total. The van der Waals surface area contributed by atoms with E-state index in [0.717, 1.165) is 39.0 Å². The third-order valence-electron chi connectivity index (χ3n) is 10.4. The van der Waals surface area contributed by atoms with Crippen LogP contribution >= 0.6 is 11.6 Å². The number of carbonyl (C=O) groups excluding carboxylic acids is 3. The number of halogens is 1. The minimum Gasteiger partial charge on any atom is -0.488 e. The van der Waals surface area contributed by atoms with Crippen LogP contribution in [0.1, 0.15) is 55.2 Å². The standard InChI is InChI=1S/C38H33ClN2O4/c39-33-8-4-2-6-27(33)22-45-34-14-9-26-5-1-3-7-30(26)31(34)18-32-35(42)40-37(44)41(36(32)43)29-12-10-28(11-13-29)38-19-23-15-24(20-38)17-25(16-23)21-38/h1-14,18,23-25H,15-17,19-22H2,(H,40,42,44)/b32-18+. The first-order chi connectivity index (χ1) is 21.9. The number of urea groups is 1. The van der Waals surface area contributed by atoms with Crippen molar-refractivity contribution < 1.29 is 19.1 Å². The van der Waals surface area contributed by atoms with E-state index in [0.29, 0.717) is 22.0 Å². The van der Waals surface area contributed by atoms with Gasteiger partial charge in [-0.15, -0.1) is 0 Å². The zero-order valence-corrected chi connectivity index (χ0v) is 25.6. The molecule has 45 heavy (non-hydrogen) atoms. The number of benzene rings is 4. The molecular weight excluding hydrogens is 584 g/mol. The average molecular weight is 617 g/mol. The van der Waals surface area contributed by atoms with E-state index in [2.05, 4.69) is 17.4 Å². The lowest BCUT2D eigenvalue weighted by Gasteiger charge is -2.57. The summed E-state index contributed by atoms with van der Waals surface area (Å²) in [6.07, 6.45) is 9.33. The molecular formula is C38H33ClN2O4. The van der Waals surface area contributed by atoms with E-state index < -0.39 is 17.8 Å². The van der Waals surface area contributed by atoms with Crippen molar-refractivity contribution in [1.82, 2.24) is 5.32 Å². The lowest BCUT2D eigenvalue weighted by atomic mass is 9.48. The second-order valence-electron chi connectivity index (χ2n) is 13.3. The monoisotopic (exact) mass is 616 g/mol. The summed E-state index contributed by atoms with van der Waals surface area (Å²) in [4.78, 5) is 41.3. The lowest BCUT2D eigenvalue weighted by molar-refractivity contribution is -0.122. The number of nitrogens with one attached hydrogen (secondary N) is 1. The van der Waals surface area contributed by atoms with Gasteiger partial charge in [-0.25, -0.2) is 9.69 Å². The highest BCUT2D eigenvalue weighted by molar-refractivity contribution is 6.39. The van der Waals surface area contributed by atoms with Crippen LogP contribution in [0.25, 0.3) is 16.8 Å². The molecule has 0 atom stereocenters. The Bertz CT molecular complexity index is 1860. The average Bonchev–Trinajstić information content (AvgIpc) is 3.02. The van der Waals surface area contributed by atoms with E-state index in [9.17, 15) is 14.4 Å². The first kappa shape index (κ1) is 28.1. The number of carbonyl (C=O) groups is 3. The van der Waals surface area contributed by atoms with Crippen LogP contribution in [0.15, 0.2) is 90.5 Å². The molecule has 0 radical (unpaired) electrons. The molecule has 4 aromatic rings. The molecule has 1 saturated heterocycles. The molecule has 226 valence electrons. The van der Waals surface area contributed by atoms with Crippen LogP contribution < -0.4 is 15.0 Å². The largest absolute Gasteiger partial charge is 0.488 e. The summed E-state index contributed by atoms with van der Waals surface area (Å²) < 4.78 is 6.22. The van der Waals surface area contributed by atoms with Crippen LogP contribution in [-0.2, 0) is 21.6 Å². The van der Waals surface area contributed by atoms with Crippen molar-refractivity contribution in [2.45, 2.75) is 50.5 Å². The fraction of sp³-hybridized carbons (Fsp3) is 0.289. The minimum atomic E-state index is -0.752. The van der Waals surface area contributed by atoms with Crippen molar-refractivity contribution in [2.24, 2.45) is 17.8 Å². The number of anilines is 1. The Morgan fingerprint density at radius 1 is 0.822 bits per heavy atom. The summed E-state index contributed by atoms with van der Waals surface area (Å²) in [7, 11) is 0. The van der Waals surface area contributed by atoms with Gasteiger partial charge >= 0.3 is 6.03 Å². The predicted octanol–water partition coefficient (Wildman–Crippen LogP) is 8.21. The first-order valence-corrected chi connectivity index (χ1v) is 16.1. The summed E-state index contributed by atoms with van der Waals surface area (Å²) in [6, 6.07) is 26.0. The zero-order valence-electron chi connectivity index (χ0n) is 24.8. The first-order valence-electron chi connectivity index (χ1n) is 15.8. The fourth-order valence-corrected chi connectivity index (χ4v) is 8.98. The molecule has 4 aliphatic carbocycles. The number of hydrogen-bond acceptors (Lipinski definition) is 4. The van der Waals surface area contributed by atoms with E-state index >= 15 is 0 Å². The summed E-state index contributed by atoms with van der Waals surface area (Å²) in [5.41, 5.74) is 3.20. The predicted molar refractivity (Wildman–Crippen MR) is 175 cm³/mol. The second-order valence-corrected chi connectivity index (χ2v) is 13.7. The van der Waals surface area contributed by atoms with E-state index in [-0.39, 0.29) is 17.6 Å². The summed E-state index contributed by atoms with van der Waals surface area (Å²) in [5.74, 6) is 1.53. The molecule has 9 rings (SSSR count). The number of barbiturate groups is 1. The van der Waals surface area contributed by atoms with E-state index in [1.54, 1.807) is 6.07 Å². The van der Waals surface area contributed by atoms with Gasteiger partial charge in [0.2, 0.25) is 0 Å². The molecule has 0 aromatic heterocycles. The van der Waals surface area contributed by atoms with Crippen LogP contribution in [0.4, 0.5) is 10.5 Å². The SMILES string of the molecule is O=C1NC(=O)N(c2ccc(C34CC5CC(CC(C5)C3)C4)cc2)C(=O)/C1=C/c1c(OCc2ccccc2Cl)ccc2ccccc12. The normalized spacial score (nSPS) is 26.5.